The second-order valence-electron chi connectivity index (χ2n) is 5.40. The first-order chi connectivity index (χ1) is 10.0. The second-order valence-corrected chi connectivity index (χ2v) is 5.40. The molecule has 1 heterocycles. The summed E-state index contributed by atoms with van der Waals surface area (Å²) in [6.45, 7) is 9.25. The predicted octanol–water partition coefficient (Wildman–Crippen LogP) is 1.47. The van der Waals surface area contributed by atoms with Gasteiger partial charge in [0.1, 0.15) is 5.82 Å². The highest BCUT2D eigenvalue weighted by Gasteiger charge is 2.05. The number of nitrogens with zero attached hydrogens (tertiary/aromatic N) is 4. The van der Waals surface area contributed by atoms with Crippen molar-refractivity contribution in [1.82, 2.24) is 25.4 Å². The van der Waals surface area contributed by atoms with Gasteiger partial charge in [0, 0.05) is 33.9 Å². The Morgan fingerprint density at radius 1 is 1.32 bits per heavy atom. The molecule has 0 aromatic carbocycles. The van der Waals surface area contributed by atoms with E-state index in [0.717, 1.165) is 43.8 Å². The first-order valence-corrected chi connectivity index (χ1v) is 7.41. The molecule has 0 unspecified atom stereocenters. The Kier molecular flexibility index (Phi) is 11.2. The van der Waals surface area contributed by atoms with Gasteiger partial charge >= 0.3 is 0 Å². The van der Waals surface area contributed by atoms with Gasteiger partial charge in [-0.1, -0.05) is 13.8 Å². The number of hydrogen-bond donors (Lipinski definition) is 2. The van der Waals surface area contributed by atoms with E-state index in [2.05, 4.69) is 39.7 Å². The third-order valence-corrected chi connectivity index (χ3v) is 3.03. The van der Waals surface area contributed by atoms with Crippen LogP contribution in [0.4, 0.5) is 0 Å². The molecule has 0 radical (unpaired) electrons. The van der Waals surface area contributed by atoms with Gasteiger partial charge in [-0.25, -0.2) is 0 Å². The lowest BCUT2D eigenvalue weighted by molar-refractivity contribution is 0.108. The van der Waals surface area contributed by atoms with Crippen molar-refractivity contribution in [3.05, 3.63) is 11.6 Å². The van der Waals surface area contributed by atoms with Gasteiger partial charge in [-0.2, -0.15) is 0 Å². The molecule has 0 spiro atoms. The molecule has 0 aliphatic rings. The molecule has 0 amide bonds. The molecule has 22 heavy (non-hydrogen) atoms. The zero-order valence-electron chi connectivity index (χ0n) is 14.2. The summed E-state index contributed by atoms with van der Waals surface area (Å²) < 4.78 is 7.49. The molecule has 0 aliphatic heterocycles. The van der Waals surface area contributed by atoms with E-state index < -0.39 is 0 Å². The van der Waals surface area contributed by atoms with Crippen molar-refractivity contribution < 1.29 is 4.74 Å². The van der Waals surface area contributed by atoms with Gasteiger partial charge in [0.25, 0.3) is 0 Å². The normalized spacial score (nSPS) is 11.5. The second kappa shape index (κ2) is 11.6. The first-order valence-electron chi connectivity index (χ1n) is 7.41. The van der Waals surface area contributed by atoms with E-state index in [-0.39, 0.29) is 24.0 Å². The largest absolute Gasteiger partial charge is 0.381 e. The Morgan fingerprint density at radius 3 is 2.59 bits per heavy atom. The molecule has 1 aromatic rings. The standard InChI is InChI=1S/C14H28N6O.HI/c1-11(2)10-21-8-6-7-16-14(15-4)17-9-13-19-18-12(3)20(13)5;/h11H,6-10H2,1-5H3,(H2,15,16,17);1H. The van der Waals surface area contributed by atoms with Crippen molar-refractivity contribution in [3.63, 3.8) is 0 Å². The average molecular weight is 424 g/mol. The Balaban J connectivity index is 0.00000441. The molecule has 1 rings (SSSR count). The molecule has 2 N–H and O–H groups in total. The Labute approximate surface area is 150 Å². The number of halogens is 1. The molecule has 1 aromatic heterocycles. The highest BCUT2D eigenvalue weighted by molar-refractivity contribution is 14.0. The summed E-state index contributed by atoms with van der Waals surface area (Å²) in [5.74, 6) is 3.13. The van der Waals surface area contributed by atoms with Crippen molar-refractivity contribution in [2.45, 2.75) is 33.7 Å². The van der Waals surface area contributed by atoms with Crippen LogP contribution in [0.15, 0.2) is 4.99 Å². The first kappa shape index (κ1) is 21.1. The maximum absolute atomic E-state index is 5.54. The summed E-state index contributed by atoms with van der Waals surface area (Å²) in [4.78, 5) is 4.18. The number of nitrogens with one attached hydrogen (secondary N) is 2. The van der Waals surface area contributed by atoms with Gasteiger partial charge < -0.3 is 19.9 Å². The number of aryl methyl sites for hydroxylation is 1. The fourth-order valence-corrected chi connectivity index (χ4v) is 1.69. The SMILES string of the molecule is CN=C(NCCCOCC(C)C)NCc1nnc(C)n1C.I. The van der Waals surface area contributed by atoms with Crippen LogP contribution in [0.5, 0.6) is 0 Å². The van der Waals surface area contributed by atoms with E-state index >= 15 is 0 Å². The van der Waals surface area contributed by atoms with Crippen molar-refractivity contribution in [3.8, 4) is 0 Å². The Bertz CT molecular complexity index is 447. The van der Waals surface area contributed by atoms with Gasteiger partial charge in [-0.3, -0.25) is 4.99 Å². The fraction of sp³-hybridized carbons (Fsp3) is 0.786. The van der Waals surface area contributed by atoms with Crippen molar-refractivity contribution >= 4 is 29.9 Å². The highest BCUT2D eigenvalue weighted by atomic mass is 127. The Hall–Kier alpha value is -0.900. The lowest BCUT2D eigenvalue weighted by atomic mass is 10.2. The summed E-state index contributed by atoms with van der Waals surface area (Å²) in [7, 11) is 3.71. The number of rotatable bonds is 8. The van der Waals surface area contributed by atoms with Gasteiger partial charge in [0.2, 0.25) is 0 Å². The lowest BCUT2D eigenvalue weighted by Gasteiger charge is -2.12. The number of aromatic nitrogens is 3. The van der Waals surface area contributed by atoms with Crippen LogP contribution in [0.3, 0.4) is 0 Å². The molecular formula is C14H29IN6O. The van der Waals surface area contributed by atoms with Crippen LogP contribution in [-0.4, -0.2) is 47.5 Å². The maximum Gasteiger partial charge on any atom is 0.191 e. The monoisotopic (exact) mass is 424 g/mol. The minimum Gasteiger partial charge on any atom is -0.381 e. The van der Waals surface area contributed by atoms with Gasteiger partial charge in [-0.15, -0.1) is 34.2 Å². The zero-order valence-corrected chi connectivity index (χ0v) is 16.5. The van der Waals surface area contributed by atoms with Crippen molar-refractivity contribution in [1.29, 1.82) is 0 Å². The molecule has 7 nitrogen and oxygen atoms in total. The quantitative estimate of drug-likeness (QED) is 0.286. The number of ether oxygens (including phenoxy) is 1. The Morgan fingerprint density at radius 2 is 2.05 bits per heavy atom. The number of hydrogen-bond acceptors (Lipinski definition) is 4. The third kappa shape index (κ3) is 7.92. The van der Waals surface area contributed by atoms with Crippen LogP contribution in [0.1, 0.15) is 31.9 Å². The minimum absolute atomic E-state index is 0. The van der Waals surface area contributed by atoms with E-state index in [4.69, 9.17) is 4.74 Å². The predicted molar refractivity (Wildman–Crippen MR) is 99.6 cm³/mol. The van der Waals surface area contributed by atoms with Gasteiger partial charge in [-0.05, 0) is 19.3 Å². The third-order valence-electron chi connectivity index (χ3n) is 3.03. The molecule has 0 aliphatic carbocycles. The van der Waals surface area contributed by atoms with E-state index in [9.17, 15) is 0 Å². The van der Waals surface area contributed by atoms with E-state index in [1.165, 1.54) is 0 Å². The zero-order chi connectivity index (χ0) is 15.7. The number of guanidine groups is 1. The van der Waals surface area contributed by atoms with Gasteiger partial charge in [0.05, 0.1) is 6.54 Å². The molecule has 128 valence electrons. The van der Waals surface area contributed by atoms with Crippen LogP contribution < -0.4 is 10.6 Å². The molecule has 8 heteroatoms. The molecule has 0 atom stereocenters. The summed E-state index contributed by atoms with van der Waals surface area (Å²) in [5.41, 5.74) is 0. The van der Waals surface area contributed by atoms with Crippen molar-refractivity contribution in [2.24, 2.45) is 18.0 Å². The van der Waals surface area contributed by atoms with E-state index in [1.807, 2.05) is 18.5 Å². The molecule has 0 bridgehead atoms. The summed E-state index contributed by atoms with van der Waals surface area (Å²) in [6.07, 6.45) is 0.955. The average Bonchev–Trinajstić information content (AvgIpc) is 2.77. The lowest BCUT2D eigenvalue weighted by Crippen LogP contribution is -2.38. The fourth-order valence-electron chi connectivity index (χ4n) is 1.69. The highest BCUT2D eigenvalue weighted by Crippen LogP contribution is 1.96. The van der Waals surface area contributed by atoms with E-state index in [0.29, 0.717) is 12.5 Å². The van der Waals surface area contributed by atoms with Gasteiger partial charge in [0.15, 0.2) is 11.8 Å². The van der Waals surface area contributed by atoms with Crippen LogP contribution >= 0.6 is 24.0 Å². The topological polar surface area (TPSA) is 76.4 Å². The van der Waals surface area contributed by atoms with Crippen molar-refractivity contribution in [2.75, 3.05) is 26.8 Å². The molecule has 0 fully saturated rings. The molecule has 0 saturated heterocycles. The maximum atomic E-state index is 5.54. The van der Waals surface area contributed by atoms with Crippen LogP contribution in [-0.2, 0) is 18.3 Å². The van der Waals surface area contributed by atoms with Crippen LogP contribution in [0.25, 0.3) is 0 Å². The summed E-state index contributed by atoms with van der Waals surface area (Å²) in [5, 5.41) is 14.6. The summed E-state index contributed by atoms with van der Waals surface area (Å²) >= 11 is 0. The molecular weight excluding hydrogens is 395 g/mol. The van der Waals surface area contributed by atoms with E-state index in [1.54, 1.807) is 7.05 Å². The minimum atomic E-state index is 0. The van der Waals surface area contributed by atoms with Crippen LogP contribution in [0, 0.1) is 12.8 Å². The molecule has 0 saturated carbocycles. The van der Waals surface area contributed by atoms with Crippen LogP contribution in [0.2, 0.25) is 0 Å². The summed E-state index contributed by atoms with van der Waals surface area (Å²) in [6, 6.07) is 0. The smallest absolute Gasteiger partial charge is 0.191 e. The number of aliphatic imine (C=N–C) groups is 1.